The van der Waals surface area contributed by atoms with E-state index in [9.17, 15) is 4.79 Å². The van der Waals surface area contributed by atoms with Gasteiger partial charge < -0.3 is 14.6 Å². The van der Waals surface area contributed by atoms with Gasteiger partial charge in [-0.3, -0.25) is 9.78 Å². The Balaban J connectivity index is 1.39. The van der Waals surface area contributed by atoms with Crippen LogP contribution in [-0.4, -0.2) is 15.5 Å². The summed E-state index contributed by atoms with van der Waals surface area (Å²) in [5.41, 5.74) is 2.74. The summed E-state index contributed by atoms with van der Waals surface area (Å²) in [6.07, 6.45) is 5.43. The number of rotatable bonds is 6. The molecule has 0 unspecified atom stereocenters. The van der Waals surface area contributed by atoms with Crippen molar-refractivity contribution < 1.29 is 9.53 Å². The topological polar surface area (TPSA) is 56.2 Å². The van der Waals surface area contributed by atoms with Crippen LogP contribution in [0, 0.1) is 0 Å². The first-order valence-electron chi connectivity index (χ1n) is 8.73. The zero-order chi connectivity index (χ0) is 18.5. The summed E-state index contributed by atoms with van der Waals surface area (Å²) in [6, 6.07) is 21.2. The van der Waals surface area contributed by atoms with Gasteiger partial charge in [-0.1, -0.05) is 30.3 Å². The molecule has 5 nitrogen and oxygen atoms in total. The lowest BCUT2D eigenvalue weighted by molar-refractivity contribution is -0.116. The van der Waals surface area contributed by atoms with Crippen molar-refractivity contribution in [3.05, 3.63) is 90.9 Å². The fourth-order valence-electron chi connectivity index (χ4n) is 2.95. The maximum Gasteiger partial charge on any atom is 0.244 e. The monoisotopic (exact) mass is 357 g/mol. The Morgan fingerprint density at radius 1 is 1.04 bits per heavy atom. The molecule has 4 aromatic rings. The highest BCUT2D eigenvalue weighted by atomic mass is 16.5. The molecule has 0 atom stereocenters. The van der Waals surface area contributed by atoms with Gasteiger partial charge in [0.2, 0.25) is 5.91 Å². The first kappa shape index (κ1) is 16.8. The van der Waals surface area contributed by atoms with Crippen molar-refractivity contribution in [3.8, 4) is 5.75 Å². The maximum absolute atomic E-state index is 12.4. The van der Waals surface area contributed by atoms with Crippen molar-refractivity contribution in [2.75, 3.05) is 5.32 Å². The number of nitrogens with one attached hydrogen (secondary N) is 1. The smallest absolute Gasteiger partial charge is 0.244 e. The van der Waals surface area contributed by atoms with Gasteiger partial charge in [0.05, 0.1) is 0 Å². The van der Waals surface area contributed by atoms with Crippen LogP contribution in [0.5, 0.6) is 5.75 Å². The Morgan fingerprint density at radius 3 is 2.85 bits per heavy atom. The Kier molecular flexibility index (Phi) is 4.83. The Bertz CT molecular complexity index is 1060. The normalized spacial score (nSPS) is 10.7. The van der Waals surface area contributed by atoms with Crippen molar-refractivity contribution in [1.82, 2.24) is 9.55 Å². The number of amides is 1. The highest BCUT2D eigenvalue weighted by molar-refractivity contribution is 5.92. The van der Waals surface area contributed by atoms with E-state index in [2.05, 4.69) is 10.3 Å². The van der Waals surface area contributed by atoms with Gasteiger partial charge in [-0.05, 0) is 35.7 Å². The molecule has 134 valence electrons. The molecule has 0 aliphatic rings. The van der Waals surface area contributed by atoms with Gasteiger partial charge in [0, 0.05) is 41.4 Å². The number of pyridine rings is 1. The lowest BCUT2D eigenvalue weighted by Crippen LogP contribution is -2.18. The van der Waals surface area contributed by atoms with Crippen LogP contribution in [-0.2, 0) is 17.9 Å². The lowest BCUT2D eigenvalue weighted by Gasteiger charge is -2.10. The largest absolute Gasteiger partial charge is 0.489 e. The van der Waals surface area contributed by atoms with Crippen LogP contribution >= 0.6 is 0 Å². The third-order valence-corrected chi connectivity index (χ3v) is 4.24. The second-order valence-electron chi connectivity index (χ2n) is 6.23. The van der Waals surface area contributed by atoms with Crippen LogP contribution in [0.15, 0.2) is 85.3 Å². The van der Waals surface area contributed by atoms with Crippen LogP contribution in [0.25, 0.3) is 10.9 Å². The first-order chi connectivity index (χ1) is 13.3. The van der Waals surface area contributed by atoms with Gasteiger partial charge in [-0.2, -0.15) is 0 Å². The molecule has 2 heterocycles. The third-order valence-electron chi connectivity index (χ3n) is 4.24. The summed E-state index contributed by atoms with van der Waals surface area (Å²) in [5.74, 6) is 0.615. The minimum Gasteiger partial charge on any atom is -0.489 e. The summed E-state index contributed by atoms with van der Waals surface area (Å²) in [4.78, 5) is 16.5. The van der Waals surface area contributed by atoms with E-state index in [1.54, 1.807) is 12.4 Å². The second-order valence-corrected chi connectivity index (χ2v) is 6.23. The minimum absolute atomic E-state index is 0.0826. The highest BCUT2D eigenvalue weighted by Crippen LogP contribution is 2.19. The van der Waals surface area contributed by atoms with E-state index in [4.69, 9.17) is 4.74 Å². The number of fused-ring (bicyclic) bond motifs is 1. The van der Waals surface area contributed by atoms with Gasteiger partial charge in [0.1, 0.15) is 18.9 Å². The van der Waals surface area contributed by atoms with Crippen LogP contribution in [0.4, 0.5) is 5.69 Å². The Hall–Kier alpha value is -3.60. The summed E-state index contributed by atoms with van der Waals surface area (Å²) in [7, 11) is 0. The molecule has 5 heteroatoms. The molecule has 0 aliphatic heterocycles. The van der Waals surface area contributed by atoms with Gasteiger partial charge in [-0.25, -0.2) is 0 Å². The predicted octanol–water partition coefficient (Wildman–Crippen LogP) is 4.25. The van der Waals surface area contributed by atoms with Crippen LogP contribution in [0.2, 0.25) is 0 Å². The molecule has 0 spiro atoms. The van der Waals surface area contributed by atoms with Crippen molar-refractivity contribution in [1.29, 1.82) is 0 Å². The molecule has 0 bridgehead atoms. The number of anilines is 1. The predicted molar refractivity (Wildman–Crippen MR) is 106 cm³/mol. The van der Waals surface area contributed by atoms with Gasteiger partial charge >= 0.3 is 0 Å². The third kappa shape index (κ3) is 4.15. The number of hydrogen-bond donors (Lipinski definition) is 1. The van der Waals surface area contributed by atoms with Gasteiger partial charge in [0.15, 0.2) is 0 Å². The summed E-state index contributed by atoms with van der Waals surface area (Å²) in [5, 5.41) is 4.05. The fraction of sp³-hybridized carbons (Fsp3) is 0.0909. The first-order valence-corrected chi connectivity index (χ1v) is 8.73. The molecular weight excluding hydrogens is 338 g/mol. The van der Waals surface area contributed by atoms with Crippen molar-refractivity contribution in [3.63, 3.8) is 0 Å². The molecule has 2 aromatic carbocycles. The van der Waals surface area contributed by atoms with E-state index in [0.29, 0.717) is 18.0 Å². The highest BCUT2D eigenvalue weighted by Gasteiger charge is 2.07. The van der Waals surface area contributed by atoms with E-state index in [1.807, 2.05) is 77.5 Å². The van der Waals surface area contributed by atoms with E-state index in [1.165, 1.54) is 0 Å². The van der Waals surface area contributed by atoms with E-state index in [0.717, 1.165) is 16.5 Å². The molecule has 0 radical (unpaired) electrons. The zero-order valence-corrected chi connectivity index (χ0v) is 14.7. The van der Waals surface area contributed by atoms with Crippen LogP contribution in [0.3, 0.4) is 0 Å². The van der Waals surface area contributed by atoms with Crippen molar-refractivity contribution in [2.24, 2.45) is 0 Å². The molecule has 1 amide bonds. The number of nitrogens with zero attached hydrogens (tertiary/aromatic N) is 2. The number of ether oxygens (including phenoxy) is 1. The summed E-state index contributed by atoms with van der Waals surface area (Å²) < 4.78 is 7.72. The molecule has 0 saturated heterocycles. The van der Waals surface area contributed by atoms with Crippen molar-refractivity contribution >= 4 is 22.5 Å². The van der Waals surface area contributed by atoms with Gasteiger partial charge in [-0.15, -0.1) is 0 Å². The van der Waals surface area contributed by atoms with Crippen molar-refractivity contribution in [2.45, 2.75) is 13.2 Å². The Morgan fingerprint density at radius 2 is 1.96 bits per heavy atom. The molecule has 0 saturated carbocycles. The number of para-hydroxylation sites is 1. The number of aromatic nitrogens is 2. The quantitative estimate of drug-likeness (QED) is 0.561. The molecule has 0 aliphatic carbocycles. The standard InChI is InChI=1S/C22H19N3O2/c26-22(15-25-12-10-18-6-1-2-9-21(18)25)24-19-7-3-8-20(13-19)27-16-17-5-4-11-23-14-17/h1-14H,15-16H2,(H,24,26). The average molecular weight is 357 g/mol. The van der Waals surface area contributed by atoms with Gasteiger partial charge in [0.25, 0.3) is 0 Å². The molecule has 27 heavy (non-hydrogen) atoms. The fourth-order valence-corrected chi connectivity index (χ4v) is 2.95. The van der Waals surface area contributed by atoms with E-state index in [-0.39, 0.29) is 12.5 Å². The summed E-state index contributed by atoms with van der Waals surface area (Å²) >= 11 is 0. The molecule has 2 aromatic heterocycles. The number of carbonyl (C=O) groups excluding carboxylic acids is 1. The number of hydrogen-bond acceptors (Lipinski definition) is 3. The van der Waals surface area contributed by atoms with Crippen LogP contribution in [0.1, 0.15) is 5.56 Å². The SMILES string of the molecule is O=C(Cn1ccc2ccccc21)Nc1cccc(OCc2cccnc2)c1. The molecule has 4 rings (SSSR count). The Labute approximate surface area is 157 Å². The molecular formula is C22H19N3O2. The number of carbonyl (C=O) groups is 1. The van der Waals surface area contributed by atoms with E-state index < -0.39 is 0 Å². The maximum atomic E-state index is 12.4. The average Bonchev–Trinajstić information content (AvgIpc) is 3.10. The van der Waals surface area contributed by atoms with Crippen LogP contribution < -0.4 is 10.1 Å². The lowest BCUT2D eigenvalue weighted by atomic mass is 10.2. The minimum atomic E-state index is -0.0826. The van der Waals surface area contributed by atoms with E-state index >= 15 is 0 Å². The number of benzene rings is 2. The molecule has 0 fully saturated rings. The summed E-state index contributed by atoms with van der Waals surface area (Å²) in [6.45, 7) is 0.689. The second kappa shape index (κ2) is 7.74. The zero-order valence-electron chi connectivity index (χ0n) is 14.7. The molecule has 1 N–H and O–H groups in total.